The minimum Gasteiger partial charge on any atom is -0.497 e. The third kappa shape index (κ3) is 3.22. The largest absolute Gasteiger partial charge is 0.497 e. The van der Waals surface area contributed by atoms with Gasteiger partial charge in [-0.25, -0.2) is 0 Å². The summed E-state index contributed by atoms with van der Waals surface area (Å²) in [6.07, 6.45) is 0. The van der Waals surface area contributed by atoms with E-state index in [2.05, 4.69) is 58.6 Å². The van der Waals surface area contributed by atoms with Crippen molar-refractivity contribution in [1.82, 2.24) is 4.90 Å². The van der Waals surface area contributed by atoms with Crippen LogP contribution < -0.4 is 4.74 Å². The second-order valence-corrected chi connectivity index (χ2v) is 7.08. The van der Waals surface area contributed by atoms with Crippen LogP contribution in [0.3, 0.4) is 0 Å². The molecule has 0 aromatic heterocycles. The van der Waals surface area contributed by atoms with Gasteiger partial charge in [-0.15, -0.1) is 0 Å². The van der Waals surface area contributed by atoms with Crippen LogP contribution in [0.2, 0.25) is 0 Å². The van der Waals surface area contributed by atoms with Crippen molar-refractivity contribution in [2.24, 2.45) is 0 Å². The minimum atomic E-state index is 0.627. The Balaban J connectivity index is 2.12. The number of methoxy groups -OCH3 is 1. The lowest BCUT2D eigenvalue weighted by Crippen LogP contribution is -2.43. The van der Waals surface area contributed by atoms with Crippen molar-refractivity contribution >= 4 is 27.7 Å². The number of halogens is 1. The predicted molar refractivity (Wildman–Crippen MR) is 82.5 cm³/mol. The Bertz CT molecular complexity index is 413. The zero-order valence-electron chi connectivity index (χ0n) is 11.1. The Hall–Kier alpha value is -0.190. The van der Waals surface area contributed by atoms with E-state index in [0.29, 0.717) is 11.3 Å². The Morgan fingerprint density at radius 3 is 2.94 bits per heavy atom. The van der Waals surface area contributed by atoms with Crippen molar-refractivity contribution in [1.29, 1.82) is 0 Å². The zero-order chi connectivity index (χ0) is 13.1. The van der Waals surface area contributed by atoms with Gasteiger partial charge in [-0.3, -0.25) is 4.90 Å². The first-order valence-electron chi connectivity index (χ1n) is 6.30. The summed E-state index contributed by atoms with van der Waals surface area (Å²) < 4.78 is 6.47. The standard InChI is InChI=1S/C14H20BrNOS/c1-10-11(2)18-7-6-16(10)9-12-8-13(17-3)4-5-14(12)15/h4-5,8,10-11H,6-7,9H2,1-3H3. The van der Waals surface area contributed by atoms with Gasteiger partial charge < -0.3 is 4.74 Å². The van der Waals surface area contributed by atoms with Crippen LogP contribution in [-0.2, 0) is 6.54 Å². The molecular formula is C14H20BrNOS. The van der Waals surface area contributed by atoms with Crippen molar-refractivity contribution in [3.63, 3.8) is 0 Å². The molecule has 1 aromatic carbocycles. The highest BCUT2D eigenvalue weighted by atomic mass is 79.9. The molecule has 0 bridgehead atoms. The first kappa shape index (κ1) is 14.2. The van der Waals surface area contributed by atoms with Crippen molar-refractivity contribution in [2.45, 2.75) is 31.7 Å². The smallest absolute Gasteiger partial charge is 0.119 e. The summed E-state index contributed by atoms with van der Waals surface area (Å²) in [5, 5.41) is 0.711. The summed E-state index contributed by atoms with van der Waals surface area (Å²) in [4.78, 5) is 2.56. The summed E-state index contributed by atoms with van der Waals surface area (Å²) in [5.74, 6) is 2.16. The molecule has 1 aromatic rings. The van der Waals surface area contributed by atoms with Gasteiger partial charge in [-0.2, -0.15) is 11.8 Å². The van der Waals surface area contributed by atoms with Gasteiger partial charge >= 0.3 is 0 Å². The number of thioether (sulfide) groups is 1. The Morgan fingerprint density at radius 1 is 1.44 bits per heavy atom. The van der Waals surface area contributed by atoms with Crippen LogP contribution >= 0.6 is 27.7 Å². The lowest BCUT2D eigenvalue weighted by molar-refractivity contribution is 0.204. The predicted octanol–water partition coefficient (Wildman–Crippen LogP) is 3.78. The van der Waals surface area contributed by atoms with Gasteiger partial charge in [0.2, 0.25) is 0 Å². The minimum absolute atomic E-state index is 0.627. The van der Waals surface area contributed by atoms with Crippen LogP contribution in [0.25, 0.3) is 0 Å². The second kappa shape index (κ2) is 6.31. The van der Waals surface area contributed by atoms with E-state index in [9.17, 15) is 0 Å². The average molecular weight is 330 g/mol. The molecule has 100 valence electrons. The maximum atomic E-state index is 5.30. The molecule has 2 rings (SSSR count). The molecular weight excluding hydrogens is 310 g/mol. The van der Waals surface area contributed by atoms with Crippen molar-refractivity contribution in [3.05, 3.63) is 28.2 Å². The number of benzene rings is 1. The van der Waals surface area contributed by atoms with E-state index in [1.807, 2.05) is 6.07 Å². The van der Waals surface area contributed by atoms with Crippen molar-refractivity contribution in [2.75, 3.05) is 19.4 Å². The maximum absolute atomic E-state index is 5.30. The molecule has 2 nitrogen and oxygen atoms in total. The summed E-state index contributed by atoms with van der Waals surface area (Å²) in [5.41, 5.74) is 1.31. The lowest BCUT2D eigenvalue weighted by Gasteiger charge is -2.37. The van der Waals surface area contributed by atoms with Gasteiger partial charge in [0, 0.05) is 34.6 Å². The first-order chi connectivity index (χ1) is 8.61. The molecule has 0 amide bonds. The molecule has 2 atom stereocenters. The number of hydrogen-bond acceptors (Lipinski definition) is 3. The highest BCUT2D eigenvalue weighted by Gasteiger charge is 2.25. The van der Waals surface area contributed by atoms with E-state index in [0.717, 1.165) is 12.3 Å². The van der Waals surface area contributed by atoms with E-state index >= 15 is 0 Å². The molecule has 0 spiro atoms. The number of rotatable bonds is 3. The van der Waals surface area contributed by atoms with Crippen LogP contribution in [0.5, 0.6) is 5.75 Å². The van der Waals surface area contributed by atoms with Crippen LogP contribution in [0, 0.1) is 0 Å². The van der Waals surface area contributed by atoms with E-state index in [1.54, 1.807) is 7.11 Å². The van der Waals surface area contributed by atoms with Gasteiger partial charge in [0.05, 0.1) is 7.11 Å². The van der Waals surface area contributed by atoms with Crippen LogP contribution in [0.4, 0.5) is 0 Å². The second-order valence-electron chi connectivity index (χ2n) is 4.74. The maximum Gasteiger partial charge on any atom is 0.119 e. The number of hydrogen-bond donors (Lipinski definition) is 0. The van der Waals surface area contributed by atoms with Crippen LogP contribution in [0.15, 0.2) is 22.7 Å². The third-order valence-corrected chi connectivity index (χ3v) is 5.75. The van der Waals surface area contributed by atoms with Gasteiger partial charge in [-0.1, -0.05) is 22.9 Å². The van der Waals surface area contributed by atoms with Crippen molar-refractivity contribution in [3.8, 4) is 5.75 Å². The molecule has 18 heavy (non-hydrogen) atoms. The number of nitrogens with zero attached hydrogens (tertiary/aromatic N) is 1. The molecule has 1 aliphatic heterocycles. The summed E-state index contributed by atoms with van der Waals surface area (Å²) in [6, 6.07) is 6.82. The number of ether oxygens (including phenoxy) is 1. The van der Waals surface area contributed by atoms with Crippen LogP contribution in [-0.4, -0.2) is 35.6 Å². The topological polar surface area (TPSA) is 12.5 Å². The Labute approximate surface area is 122 Å². The Morgan fingerprint density at radius 2 is 2.22 bits per heavy atom. The first-order valence-corrected chi connectivity index (χ1v) is 8.14. The third-order valence-electron chi connectivity index (χ3n) is 3.64. The molecule has 4 heteroatoms. The summed E-state index contributed by atoms with van der Waals surface area (Å²) in [7, 11) is 1.72. The fourth-order valence-electron chi connectivity index (χ4n) is 2.24. The normalized spacial score (nSPS) is 25.1. The van der Waals surface area contributed by atoms with Gasteiger partial charge in [0.25, 0.3) is 0 Å². The van der Waals surface area contributed by atoms with Crippen LogP contribution in [0.1, 0.15) is 19.4 Å². The monoisotopic (exact) mass is 329 g/mol. The van der Waals surface area contributed by atoms with E-state index in [-0.39, 0.29) is 0 Å². The average Bonchev–Trinajstić information content (AvgIpc) is 2.37. The fourth-order valence-corrected chi connectivity index (χ4v) is 3.77. The molecule has 1 heterocycles. The zero-order valence-corrected chi connectivity index (χ0v) is 13.6. The molecule has 0 aliphatic carbocycles. The summed E-state index contributed by atoms with van der Waals surface area (Å²) in [6.45, 7) is 6.80. The molecule has 1 fully saturated rings. The molecule has 0 N–H and O–H groups in total. The fraction of sp³-hybridized carbons (Fsp3) is 0.571. The highest BCUT2D eigenvalue weighted by molar-refractivity contribution is 9.10. The van der Waals surface area contributed by atoms with E-state index in [4.69, 9.17) is 4.74 Å². The van der Waals surface area contributed by atoms with Crippen molar-refractivity contribution < 1.29 is 4.74 Å². The SMILES string of the molecule is COc1ccc(Br)c(CN2CCSC(C)C2C)c1. The van der Waals surface area contributed by atoms with Gasteiger partial charge in [-0.05, 0) is 30.7 Å². The molecule has 0 saturated carbocycles. The van der Waals surface area contributed by atoms with E-state index < -0.39 is 0 Å². The lowest BCUT2D eigenvalue weighted by atomic mass is 10.1. The summed E-state index contributed by atoms with van der Waals surface area (Å²) >= 11 is 5.71. The molecule has 1 aliphatic rings. The molecule has 1 saturated heterocycles. The Kier molecular flexibility index (Phi) is 4.98. The van der Waals surface area contributed by atoms with Gasteiger partial charge in [0.1, 0.15) is 5.75 Å². The van der Waals surface area contributed by atoms with E-state index in [1.165, 1.54) is 22.3 Å². The molecule has 2 unspecified atom stereocenters. The molecule has 0 radical (unpaired) electrons. The highest BCUT2D eigenvalue weighted by Crippen LogP contribution is 2.29. The quantitative estimate of drug-likeness (QED) is 0.837. The van der Waals surface area contributed by atoms with Gasteiger partial charge in [0.15, 0.2) is 0 Å².